The first-order valence-corrected chi connectivity index (χ1v) is 11.2. The normalized spacial score (nSPS) is 20.5. The molecule has 0 aromatic heterocycles. The highest BCUT2D eigenvalue weighted by atomic mass is 35.5. The predicted octanol–water partition coefficient (Wildman–Crippen LogP) is 2.30. The Hall–Kier alpha value is -1.24. The SMILES string of the molecule is CCOC(=O)CCC[NH+](CC(=O)N1CCS[C@H]1c1ccccc1Cl)C1CC1. The maximum atomic E-state index is 13.0. The van der Waals surface area contributed by atoms with E-state index < -0.39 is 0 Å². The minimum absolute atomic E-state index is 0.00573. The van der Waals surface area contributed by atoms with Gasteiger partial charge in [-0.15, -0.1) is 11.8 Å². The lowest BCUT2D eigenvalue weighted by Gasteiger charge is -2.27. The Bertz CT molecular complexity index is 668. The summed E-state index contributed by atoms with van der Waals surface area (Å²) in [6.45, 7) is 4.34. The van der Waals surface area contributed by atoms with E-state index in [2.05, 4.69) is 0 Å². The molecular weight excluding hydrogens is 384 g/mol. The fourth-order valence-electron chi connectivity index (χ4n) is 3.58. The van der Waals surface area contributed by atoms with Gasteiger partial charge in [-0.05, 0) is 13.0 Å². The number of rotatable bonds is 9. The first kappa shape index (κ1) is 20.5. The molecule has 1 heterocycles. The number of hydrogen-bond donors (Lipinski definition) is 1. The maximum Gasteiger partial charge on any atom is 0.305 e. The minimum Gasteiger partial charge on any atom is -0.466 e. The lowest BCUT2D eigenvalue weighted by Crippen LogP contribution is -3.14. The minimum atomic E-state index is -0.145. The van der Waals surface area contributed by atoms with Crippen molar-refractivity contribution in [2.45, 2.75) is 44.0 Å². The Morgan fingerprint density at radius 3 is 2.81 bits per heavy atom. The number of hydrogen-bond acceptors (Lipinski definition) is 4. The van der Waals surface area contributed by atoms with Crippen molar-refractivity contribution >= 4 is 35.2 Å². The van der Waals surface area contributed by atoms with E-state index >= 15 is 0 Å². The number of benzene rings is 1. The molecule has 1 amide bonds. The number of esters is 1. The van der Waals surface area contributed by atoms with Crippen LogP contribution in [0, 0.1) is 0 Å². The highest BCUT2D eigenvalue weighted by molar-refractivity contribution is 7.99. The van der Waals surface area contributed by atoms with Gasteiger partial charge in [-0.3, -0.25) is 9.59 Å². The van der Waals surface area contributed by atoms with Crippen LogP contribution in [0.25, 0.3) is 0 Å². The molecule has 1 N–H and O–H groups in total. The summed E-state index contributed by atoms with van der Waals surface area (Å²) in [4.78, 5) is 27.9. The molecule has 3 rings (SSSR count). The molecule has 1 saturated carbocycles. The van der Waals surface area contributed by atoms with E-state index in [0.29, 0.717) is 25.6 Å². The Kier molecular flexibility index (Phi) is 7.44. The highest BCUT2D eigenvalue weighted by Crippen LogP contribution is 2.40. The summed E-state index contributed by atoms with van der Waals surface area (Å²) in [5.41, 5.74) is 1.02. The third kappa shape index (κ3) is 5.62. The summed E-state index contributed by atoms with van der Waals surface area (Å²) in [6.07, 6.45) is 3.54. The third-order valence-corrected chi connectivity index (χ3v) is 6.69. The van der Waals surface area contributed by atoms with Gasteiger partial charge in [0.15, 0.2) is 6.54 Å². The first-order valence-electron chi connectivity index (χ1n) is 9.75. The van der Waals surface area contributed by atoms with Crippen LogP contribution in [0.4, 0.5) is 0 Å². The Balaban J connectivity index is 1.57. The second kappa shape index (κ2) is 9.80. The van der Waals surface area contributed by atoms with Crippen LogP contribution in [-0.4, -0.2) is 54.8 Å². The van der Waals surface area contributed by atoms with Gasteiger partial charge in [0.05, 0.1) is 25.6 Å². The summed E-state index contributed by atoms with van der Waals surface area (Å²) in [5, 5.41) is 0.724. The van der Waals surface area contributed by atoms with E-state index in [0.717, 1.165) is 35.8 Å². The molecule has 2 fully saturated rings. The lowest BCUT2D eigenvalue weighted by molar-refractivity contribution is -0.903. The molecule has 0 radical (unpaired) electrons. The third-order valence-electron chi connectivity index (χ3n) is 5.10. The number of halogens is 1. The number of nitrogens with one attached hydrogen (secondary N) is 1. The molecule has 148 valence electrons. The van der Waals surface area contributed by atoms with Crippen LogP contribution < -0.4 is 4.90 Å². The second-order valence-electron chi connectivity index (χ2n) is 7.10. The first-order chi connectivity index (χ1) is 13.1. The van der Waals surface area contributed by atoms with Gasteiger partial charge in [0.2, 0.25) is 0 Å². The quantitative estimate of drug-likeness (QED) is 0.633. The van der Waals surface area contributed by atoms with Crippen molar-refractivity contribution in [3.05, 3.63) is 34.9 Å². The van der Waals surface area contributed by atoms with Crippen LogP contribution in [0.1, 0.15) is 43.5 Å². The molecule has 1 aliphatic heterocycles. The van der Waals surface area contributed by atoms with Crippen LogP contribution in [0.15, 0.2) is 24.3 Å². The van der Waals surface area contributed by atoms with Gasteiger partial charge >= 0.3 is 5.97 Å². The Labute approximate surface area is 170 Å². The molecule has 5 nitrogen and oxygen atoms in total. The largest absolute Gasteiger partial charge is 0.466 e. The van der Waals surface area contributed by atoms with Crippen LogP contribution >= 0.6 is 23.4 Å². The maximum absolute atomic E-state index is 13.0. The van der Waals surface area contributed by atoms with Crippen molar-refractivity contribution in [2.75, 3.05) is 32.0 Å². The number of thioether (sulfide) groups is 1. The van der Waals surface area contributed by atoms with Crippen molar-refractivity contribution in [1.82, 2.24) is 4.90 Å². The van der Waals surface area contributed by atoms with Crippen molar-refractivity contribution < 1.29 is 19.2 Å². The number of carbonyl (C=O) groups is 2. The zero-order chi connectivity index (χ0) is 19.2. The molecule has 1 unspecified atom stereocenters. The van der Waals surface area contributed by atoms with Crippen molar-refractivity contribution in [2.24, 2.45) is 0 Å². The van der Waals surface area contributed by atoms with Gasteiger partial charge in [0, 0.05) is 42.1 Å². The molecular formula is C20H28ClN2O3S+. The fraction of sp³-hybridized carbons (Fsp3) is 0.600. The standard InChI is InChI=1S/C20H27ClN2O3S/c1-2-26-19(25)8-5-11-22(15-9-10-15)14-18(24)23-12-13-27-20(23)16-6-3-4-7-17(16)21/h3-4,6-7,15,20H,2,5,8-14H2,1H3/p+1/t20-/m0/s1. The smallest absolute Gasteiger partial charge is 0.305 e. The summed E-state index contributed by atoms with van der Waals surface area (Å²) in [7, 11) is 0. The van der Waals surface area contributed by atoms with Gasteiger partial charge in [-0.25, -0.2) is 0 Å². The molecule has 1 aromatic carbocycles. The van der Waals surface area contributed by atoms with Gasteiger partial charge in [0.25, 0.3) is 5.91 Å². The monoisotopic (exact) mass is 411 g/mol. The highest BCUT2D eigenvalue weighted by Gasteiger charge is 2.38. The molecule has 0 spiro atoms. The van der Waals surface area contributed by atoms with Gasteiger partial charge in [0.1, 0.15) is 5.37 Å². The average Bonchev–Trinajstić information content (AvgIpc) is 3.38. The predicted molar refractivity (Wildman–Crippen MR) is 108 cm³/mol. The molecule has 2 atom stereocenters. The zero-order valence-electron chi connectivity index (χ0n) is 15.8. The van der Waals surface area contributed by atoms with Gasteiger partial charge in [-0.2, -0.15) is 0 Å². The molecule has 27 heavy (non-hydrogen) atoms. The fourth-order valence-corrected chi connectivity index (χ4v) is 5.19. The molecule has 2 aliphatic rings. The number of nitrogens with zero attached hydrogens (tertiary/aromatic N) is 1. The molecule has 1 aromatic rings. The Morgan fingerprint density at radius 1 is 1.33 bits per heavy atom. The zero-order valence-corrected chi connectivity index (χ0v) is 17.4. The number of carbonyl (C=O) groups excluding carboxylic acids is 2. The molecule has 1 aliphatic carbocycles. The number of amides is 1. The molecule has 7 heteroatoms. The van der Waals surface area contributed by atoms with Crippen LogP contribution in [-0.2, 0) is 14.3 Å². The van der Waals surface area contributed by atoms with Crippen molar-refractivity contribution in [1.29, 1.82) is 0 Å². The summed E-state index contributed by atoms with van der Waals surface area (Å²) in [6, 6.07) is 8.34. The number of ether oxygens (including phenoxy) is 1. The van der Waals surface area contributed by atoms with Crippen LogP contribution in [0.2, 0.25) is 5.02 Å². The van der Waals surface area contributed by atoms with E-state index in [4.69, 9.17) is 16.3 Å². The second-order valence-corrected chi connectivity index (χ2v) is 8.69. The molecule has 0 bridgehead atoms. The van der Waals surface area contributed by atoms with E-state index in [9.17, 15) is 9.59 Å². The summed E-state index contributed by atoms with van der Waals surface area (Å²) >= 11 is 8.14. The number of quaternary nitrogens is 1. The van der Waals surface area contributed by atoms with Crippen molar-refractivity contribution in [3.63, 3.8) is 0 Å². The van der Waals surface area contributed by atoms with Gasteiger partial charge < -0.3 is 14.5 Å². The van der Waals surface area contributed by atoms with Crippen molar-refractivity contribution in [3.8, 4) is 0 Å². The van der Waals surface area contributed by atoms with Crippen LogP contribution in [0.3, 0.4) is 0 Å². The van der Waals surface area contributed by atoms with E-state index in [-0.39, 0.29) is 17.3 Å². The van der Waals surface area contributed by atoms with Crippen LogP contribution in [0.5, 0.6) is 0 Å². The van der Waals surface area contributed by atoms with E-state index in [1.807, 2.05) is 36.1 Å². The molecule has 1 saturated heterocycles. The Morgan fingerprint density at radius 2 is 2.11 bits per heavy atom. The summed E-state index contributed by atoms with van der Waals surface area (Å²) in [5.74, 6) is 0.972. The topological polar surface area (TPSA) is 51.1 Å². The summed E-state index contributed by atoms with van der Waals surface area (Å²) < 4.78 is 5.00. The lowest BCUT2D eigenvalue weighted by atomic mass is 10.2. The average molecular weight is 412 g/mol. The van der Waals surface area contributed by atoms with Gasteiger partial charge in [-0.1, -0.05) is 29.8 Å². The van der Waals surface area contributed by atoms with E-state index in [1.165, 1.54) is 17.7 Å². The van der Waals surface area contributed by atoms with E-state index in [1.54, 1.807) is 11.8 Å².